The van der Waals surface area contributed by atoms with Crippen molar-refractivity contribution in [3.63, 3.8) is 0 Å². The maximum absolute atomic E-state index is 12.8. The third-order valence-electron chi connectivity index (χ3n) is 5.50. The van der Waals surface area contributed by atoms with Gasteiger partial charge >= 0.3 is 0 Å². The van der Waals surface area contributed by atoms with Gasteiger partial charge in [-0.25, -0.2) is 4.98 Å². The fourth-order valence-corrected chi connectivity index (χ4v) is 4.73. The van der Waals surface area contributed by atoms with Crippen LogP contribution in [0.1, 0.15) is 39.3 Å². The number of aromatic hydroxyl groups is 1. The van der Waals surface area contributed by atoms with Gasteiger partial charge in [0.25, 0.3) is 0 Å². The summed E-state index contributed by atoms with van der Waals surface area (Å²) < 4.78 is 11.6. The number of Topliss-reactive ketones (excluding diaryl/α,β-unsaturated/α-hetero) is 2. The van der Waals surface area contributed by atoms with Crippen LogP contribution in [0.3, 0.4) is 0 Å². The summed E-state index contributed by atoms with van der Waals surface area (Å²) in [5, 5.41) is 13.4. The number of carbonyl (C=O) groups is 2. The molecule has 4 aromatic rings. The first-order chi connectivity index (χ1) is 15.9. The number of aromatic nitrogens is 1. The van der Waals surface area contributed by atoms with E-state index < -0.39 is 0 Å². The molecule has 0 radical (unpaired) electrons. The van der Waals surface area contributed by atoms with Gasteiger partial charge in [0, 0.05) is 39.4 Å². The summed E-state index contributed by atoms with van der Waals surface area (Å²) in [6.07, 6.45) is 0.0423. The van der Waals surface area contributed by atoms with E-state index in [1.807, 2.05) is 30.5 Å². The molecular weight excluding hydrogens is 438 g/mol. The highest BCUT2D eigenvalue weighted by atomic mass is 32.1. The first-order valence-electron chi connectivity index (χ1n) is 10.4. The number of methoxy groups -OCH3 is 2. The molecule has 0 amide bonds. The van der Waals surface area contributed by atoms with E-state index >= 15 is 0 Å². The largest absolute Gasteiger partial charge is 0.506 e. The molecule has 0 atom stereocenters. The van der Waals surface area contributed by atoms with Gasteiger partial charge in [0.15, 0.2) is 23.1 Å². The molecule has 2 heterocycles. The van der Waals surface area contributed by atoms with Crippen molar-refractivity contribution in [1.29, 1.82) is 0 Å². The molecule has 7 heteroatoms. The lowest BCUT2D eigenvalue weighted by Crippen LogP contribution is -2.07. The molecule has 33 heavy (non-hydrogen) atoms. The van der Waals surface area contributed by atoms with Crippen molar-refractivity contribution in [1.82, 2.24) is 4.98 Å². The minimum Gasteiger partial charge on any atom is -0.506 e. The van der Waals surface area contributed by atoms with Gasteiger partial charge in [-0.2, -0.15) is 0 Å². The number of nitrogens with zero attached hydrogens (tertiary/aromatic N) is 1. The zero-order valence-electron chi connectivity index (χ0n) is 18.5. The minimum atomic E-state index is -0.263. The number of pyridine rings is 1. The monoisotopic (exact) mass is 461 g/mol. The number of hydrogen-bond donors (Lipinski definition) is 1. The van der Waals surface area contributed by atoms with Crippen LogP contribution in [-0.4, -0.2) is 35.9 Å². The standard InChI is InChI=1S/C26H23NO5S/c1-15-5-4-6-17-18(14-33-26(15)17)25-22(30)9-8-19(27-25)21(29)11-10-20(28)16-7-12-23(31-2)24(13-16)32-3/h4-9,12-14,30H,10-11H2,1-3H3. The summed E-state index contributed by atoms with van der Waals surface area (Å²) in [6, 6.07) is 13.8. The Morgan fingerprint density at radius 2 is 1.73 bits per heavy atom. The second-order valence-corrected chi connectivity index (χ2v) is 8.46. The van der Waals surface area contributed by atoms with Crippen LogP contribution in [0.25, 0.3) is 21.3 Å². The van der Waals surface area contributed by atoms with Crippen LogP contribution in [0.2, 0.25) is 0 Å². The Labute approximate surface area is 195 Å². The number of benzene rings is 2. The first kappa shape index (κ1) is 22.5. The predicted octanol–water partition coefficient (Wildman–Crippen LogP) is 5.84. The van der Waals surface area contributed by atoms with Crippen LogP contribution in [0.15, 0.2) is 53.9 Å². The quantitative estimate of drug-likeness (QED) is 0.332. The Kier molecular flexibility index (Phi) is 6.42. The Bertz CT molecular complexity index is 1360. The van der Waals surface area contributed by atoms with Gasteiger partial charge < -0.3 is 14.6 Å². The number of hydrogen-bond acceptors (Lipinski definition) is 7. The summed E-state index contributed by atoms with van der Waals surface area (Å²) in [5.41, 5.74) is 2.95. The number of ether oxygens (including phenoxy) is 2. The third-order valence-corrected chi connectivity index (χ3v) is 6.63. The van der Waals surface area contributed by atoms with E-state index in [0.29, 0.717) is 22.8 Å². The van der Waals surface area contributed by atoms with Crippen LogP contribution in [-0.2, 0) is 0 Å². The fraction of sp³-hybridized carbons (Fsp3) is 0.192. The van der Waals surface area contributed by atoms with E-state index in [1.54, 1.807) is 29.5 Å². The molecule has 1 N–H and O–H groups in total. The molecule has 0 bridgehead atoms. The van der Waals surface area contributed by atoms with Gasteiger partial charge in [0.1, 0.15) is 17.1 Å². The van der Waals surface area contributed by atoms with Crippen molar-refractivity contribution in [3.05, 3.63) is 70.7 Å². The molecule has 0 aliphatic rings. The highest BCUT2D eigenvalue weighted by molar-refractivity contribution is 7.18. The molecule has 0 saturated carbocycles. The molecule has 2 aromatic heterocycles. The van der Waals surface area contributed by atoms with Gasteiger partial charge in [-0.3, -0.25) is 9.59 Å². The molecule has 4 rings (SSSR count). The van der Waals surface area contributed by atoms with Gasteiger partial charge in [0.05, 0.1) is 14.2 Å². The van der Waals surface area contributed by atoms with Gasteiger partial charge in [-0.05, 0) is 42.8 Å². The summed E-state index contributed by atoms with van der Waals surface area (Å²) >= 11 is 1.58. The number of thiophene rings is 1. The number of fused-ring (bicyclic) bond motifs is 1. The van der Waals surface area contributed by atoms with Crippen LogP contribution in [0.5, 0.6) is 17.2 Å². The number of aryl methyl sites for hydroxylation is 1. The highest BCUT2D eigenvalue weighted by Crippen LogP contribution is 2.38. The predicted molar refractivity (Wildman–Crippen MR) is 129 cm³/mol. The lowest BCUT2D eigenvalue weighted by atomic mass is 10.0. The maximum atomic E-state index is 12.8. The zero-order chi connectivity index (χ0) is 23.5. The van der Waals surface area contributed by atoms with Crippen molar-refractivity contribution in [2.24, 2.45) is 0 Å². The second-order valence-electron chi connectivity index (χ2n) is 7.58. The zero-order valence-corrected chi connectivity index (χ0v) is 19.4. The smallest absolute Gasteiger partial charge is 0.181 e. The van der Waals surface area contributed by atoms with E-state index in [4.69, 9.17) is 9.47 Å². The Morgan fingerprint density at radius 1 is 0.970 bits per heavy atom. The number of ketones is 2. The minimum absolute atomic E-state index is 0.00782. The lowest BCUT2D eigenvalue weighted by Gasteiger charge is -2.09. The van der Waals surface area contributed by atoms with Crippen LogP contribution < -0.4 is 9.47 Å². The third kappa shape index (κ3) is 4.45. The average Bonchev–Trinajstić information content (AvgIpc) is 3.27. The molecule has 0 spiro atoms. The average molecular weight is 462 g/mol. The first-order valence-corrected chi connectivity index (χ1v) is 11.3. The topological polar surface area (TPSA) is 85.7 Å². The van der Waals surface area contributed by atoms with E-state index in [2.05, 4.69) is 4.98 Å². The number of carbonyl (C=O) groups excluding carboxylic acids is 2. The summed E-state index contributed by atoms with van der Waals surface area (Å²) in [6.45, 7) is 2.03. The molecule has 168 valence electrons. The van der Waals surface area contributed by atoms with Crippen molar-refractivity contribution in [2.75, 3.05) is 14.2 Å². The van der Waals surface area contributed by atoms with Crippen molar-refractivity contribution < 1.29 is 24.2 Å². The molecule has 0 aliphatic carbocycles. The SMILES string of the molecule is COc1ccc(C(=O)CCC(=O)c2ccc(O)c(-c3csc4c(C)cccc34)n2)cc1OC. The Balaban J connectivity index is 1.54. The van der Waals surface area contributed by atoms with Gasteiger partial charge in [0.2, 0.25) is 0 Å². The molecule has 0 saturated heterocycles. The highest BCUT2D eigenvalue weighted by Gasteiger charge is 2.18. The Morgan fingerprint density at radius 3 is 2.48 bits per heavy atom. The van der Waals surface area contributed by atoms with Crippen LogP contribution in [0, 0.1) is 6.92 Å². The fourth-order valence-electron chi connectivity index (χ4n) is 3.70. The molecule has 0 fully saturated rings. The molecule has 0 aliphatic heterocycles. The van der Waals surface area contributed by atoms with Gasteiger partial charge in [-0.1, -0.05) is 18.2 Å². The number of rotatable bonds is 8. The van der Waals surface area contributed by atoms with E-state index in [0.717, 1.165) is 21.2 Å². The second kappa shape index (κ2) is 9.42. The van der Waals surface area contributed by atoms with Crippen LogP contribution in [0.4, 0.5) is 0 Å². The summed E-state index contributed by atoms with van der Waals surface area (Å²) in [4.78, 5) is 29.9. The summed E-state index contributed by atoms with van der Waals surface area (Å²) in [5.74, 6) is 0.553. The molecule has 6 nitrogen and oxygen atoms in total. The lowest BCUT2D eigenvalue weighted by molar-refractivity contribution is 0.0915. The van der Waals surface area contributed by atoms with Crippen molar-refractivity contribution in [2.45, 2.75) is 19.8 Å². The maximum Gasteiger partial charge on any atom is 0.181 e. The van der Waals surface area contributed by atoms with E-state index in [1.165, 1.54) is 26.4 Å². The van der Waals surface area contributed by atoms with Crippen LogP contribution >= 0.6 is 11.3 Å². The van der Waals surface area contributed by atoms with Gasteiger partial charge in [-0.15, -0.1) is 11.3 Å². The normalized spacial score (nSPS) is 10.9. The molecule has 0 unspecified atom stereocenters. The van der Waals surface area contributed by atoms with E-state index in [-0.39, 0.29) is 35.9 Å². The van der Waals surface area contributed by atoms with E-state index in [9.17, 15) is 14.7 Å². The summed E-state index contributed by atoms with van der Waals surface area (Å²) in [7, 11) is 3.03. The Hall–Kier alpha value is -3.71. The van der Waals surface area contributed by atoms with Crippen molar-refractivity contribution in [3.8, 4) is 28.5 Å². The van der Waals surface area contributed by atoms with Crippen molar-refractivity contribution >= 4 is 33.0 Å². The molecular formula is C26H23NO5S. The molecule has 2 aromatic carbocycles.